The van der Waals surface area contributed by atoms with Crippen LogP contribution in [-0.2, 0) is 9.53 Å². The monoisotopic (exact) mass is 272 g/mol. The number of nitrogens with zero attached hydrogens (tertiary/aromatic N) is 1. The molecule has 0 spiro atoms. The number of hydrogen-bond donors (Lipinski definition) is 2. The summed E-state index contributed by atoms with van der Waals surface area (Å²) in [6.07, 6.45) is -2.25. The third-order valence-electron chi connectivity index (χ3n) is 2.39. The van der Waals surface area contributed by atoms with Crippen molar-refractivity contribution in [1.82, 2.24) is 0 Å². The molecule has 0 saturated carbocycles. The lowest BCUT2D eigenvalue weighted by atomic mass is 10.0. The Morgan fingerprint density at radius 3 is 2.79 bits per heavy atom. The van der Waals surface area contributed by atoms with Crippen LogP contribution < -0.4 is 5.73 Å². The molecule has 1 rings (SSSR count). The number of carbonyl (C=O) groups is 1. The first kappa shape index (κ1) is 14.8. The van der Waals surface area contributed by atoms with Gasteiger partial charge in [-0.3, -0.25) is 10.1 Å². The molecular weight excluding hydrogens is 259 g/mol. The van der Waals surface area contributed by atoms with Crippen LogP contribution in [0.2, 0.25) is 0 Å². The predicted molar refractivity (Wildman–Crippen MR) is 63.2 cm³/mol. The minimum absolute atomic E-state index is 0.0336. The van der Waals surface area contributed by atoms with Crippen LogP contribution in [0.1, 0.15) is 18.5 Å². The molecule has 8 heteroatoms. The highest BCUT2D eigenvalue weighted by atomic mass is 19.1. The van der Waals surface area contributed by atoms with Crippen molar-refractivity contribution in [2.45, 2.75) is 19.1 Å². The SMILES string of the molecule is CCOC(=O)C(F)[C@@H](N)c1cc(O)ccc1[N+](=O)[O-]. The number of esters is 1. The van der Waals surface area contributed by atoms with E-state index in [1.807, 2.05) is 0 Å². The zero-order valence-corrected chi connectivity index (χ0v) is 10.1. The van der Waals surface area contributed by atoms with Gasteiger partial charge in [-0.1, -0.05) is 0 Å². The summed E-state index contributed by atoms with van der Waals surface area (Å²) in [5.41, 5.74) is 4.74. The number of ether oxygens (including phenoxy) is 1. The Balaban J connectivity index is 3.10. The van der Waals surface area contributed by atoms with Gasteiger partial charge in [0.15, 0.2) is 0 Å². The normalized spacial score (nSPS) is 13.6. The van der Waals surface area contributed by atoms with Crippen LogP contribution in [-0.4, -0.2) is 28.8 Å². The van der Waals surface area contributed by atoms with Gasteiger partial charge in [0.1, 0.15) is 5.75 Å². The first-order valence-corrected chi connectivity index (χ1v) is 5.42. The number of carbonyl (C=O) groups excluding carboxylic acids is 1. The Kier molecular flexibility index (Phi) is 4.76. The molecule has 0 amide bonds. The number of alkyl halides is 1. The molecule has 19 heavy (non-hydrogen) atoms. The average molecular weight is 272 g/mol. The quantitative estimate of drug-likeness (QED) is 0.472. The largest absolute Gasteiger partial charge is 0.508 e. The van der Waals surface area contributed by atoms with Gasteiger partial charge in [0, 0.05) is 6.07 Å². The number of nitrogens with two attached hydrogens (primary N) is 1. The molecule has 0 saturated heterocycles. The molecule has 0 aliphatic carbocycles. The second-order valence-corrected chi connectivity index (χ2v) is 3.68. The van der Waals surface area contributed by atoms with Crippen molar-refractivity contribution in [3.8, 4) is 5.75 Å². The van der Waals surface area contributed by atoms with Crippen molar-refractivity contribution < 1.29 is 24.0 Å². The Morgan fingerprint density at radius 1 is 1.63 bits per heavy atom. The van der Waals surface area contributed by atoms with Crippen molar-refractivity contribution in [3.63, 3.8) is 0 Å². The minimum Gasteiger partial charge on any atom is -0.508 e. The molecule has 104 valence electrons. The van der Waals surface area contributed by atoms with Gasteiger partial charge in [0.2, 0.25) is 6.17 Å². The molecule has 1 aromatic carbocycles. The summed E-state index contributed by atoms with van der Waals surface area (Å²) in [6.45, 7) is 1.46. The van der Waals surface area contributed by atoms with Crippen molar-refractivity contribution in [2.75, 3.05) is 6.61 Å². The average Bonchev–Trinajstić information content (AvgIpc) is 2.36. The van der Waals surface area contributed by atoms with E-state index in [-0.39, 0.29) is 17.9 Å². The summed E-state index contributed by atoms with van der Waals surface area (Å²) in [5, 5.41) is 20.1. The second kappa shape index (κ2) is 6.10. The fourth-order valence-electron chi connectivity index (χ4n) is 1.50. The molecule has 2 atom stereocenters. The molecule has 7 nitrogen and oxygen atoms in total. The molecule has 3 N–H and O–H groups in total. The van der Waals surface area contributed by atoms with Gasteiger partial charge in [-0.15, -0.1) is 0 Å². The van der Waals surface area contributed by atoms with E-state index in [0.717, 1.165) is 18.2 Å². The molecule has 0 radical (unpaired) electrons. The minimum atomic E-state index is -2.25. The van der Waals surface area contributed by atoms with Crippen LogP contribution in [0.25, 0.3) is 0 Å². The number of benzene rings is 1. The maximum absolute atomic E-state index is 13.7. The maximum atomic E-state index is 13.7. The van der Waals surface area contributed by atoms with Gasteiger partial charge in [-0.05, 0) is 19.1 Å². The van der Waals surface area contributed by atoms with E-state index in [0.29, 0.717) is 0 Å². The van der Waals surface area contributed by atoms with Crippen molar-refractivity contribution in [1.29, 1.82) is 0 Å². The first-order valence-electron chi connectivity index (χ1n) is 5.42. The van der Waals surface area contributed by atoms with E-state index in [9.17, 15) is 24.4 Å². The smallest absolute Gasteiger partial charge is 0.342 e. The molecule has 1 unspecified atom stereocenters. The molecule has 1 aromatic rings. The molecule has 0 aliphatic rings. The van der Waals surface area contributed by atoms with Crippen molar-refractivity contribution in [3.05, 3.63) is 33.9 Å². The van der Waals surface area contributed by atoms with Gasteiger partial charge < -0.3 is 15.6 Å². The van der Waals surface area contributed by atoms with Crippen LogP contribution in [0.5, 0.6) is 5.75 Å². The second-order valence-electron chi connectivity index (χ2n) is 3.68. The fraction of sp³-hybridized carbons (Fsp3) is 0.364. The summed E-state index contributed by atoms with van der Waals surface area (Å²) in [4.78, 5) is 21.2. The summed E-state index contributed by atoms with van der Waals surface area (Å²) in [6, 6.07) is 1.43. The zero-order valence-electron chi connectivity index (χ0n) is 10.1. The molecule has 0 fully saturated rings. The highest BCUT2D eigenvalue weighted by Crippen LogP contribution is 2.30. The van der Waals surface area contributed by atoms with Gasteiger partial charge in [-0.25, -0.2) is 9.18 Å². The zero-order chi connectivity index (χ0) is 14.6. The Labute approximate surface area is 107 Å². The van der Waals surface area contributed by atoms with E-state index in [2.05, 4.69) is 4.74 Å². The van der Waals surface area contributed by atoms with E-state index >= 15 is 0 Å². The Bertz CT molecular complexity index is 494. The molecule has 0 aliphatic heterocycles. The standard InChI is InChI=1S/C11H13FN2O5/c1-2-19-11(16)9(12)10(13)7-5-6(15)3-4-8(7)14(17)18/h3-5,9-10,15H,2,13H2,1H3/t9?,10-/m0/s1. The lowest BCUT2D eigenvalue weighted by molar-refractivity contribution is -0.385. The summed E-state index contributed by atoms with van der Waals surface area (Å²) in [7, 11) is 0. The lowest BCUT2D eigenvalue weighted by Gasteiger charge is -2.16. The van der Waals surface area contributed by atoms with Crippen LogP contribution in [0.15, 0.2) is 18.2 Å². The number of nitro benzene ring substituents is 1. The highest BCUT2D eigenvalue weighted by molar-refractivity contribution is 5.76. The van der Waals surface area contributed by atoms with Crippen LogP contribution >= 0.6 is 0 Å². The third-order valence-corrected chi connectivity index (χ3v) is 2.39. The van der Waals surface area contributed by atoms with Gasteiger partial charge in [0.25, 0.3) is 5.69 Å². The summed E-state index contributed by atoms with van der Waals surface area (Å²) >= 11 is 0. The van der Waals surface area contributed by atoms with Crippen LogP contribution in [0.4, 0.5) is 10.1 Å². The predicted octanol–water partition coefficient (Wildman–Crippen LogP) is 1.20. The number of hydrogen-bond acceptors (Lipinski definition) is 6. The van der Waals surface area contributed by atoms with Gasteiger partial charge >= 0.3 is 5.97 Å². The fourth-order valence-corrected chi connectivity index (χ4v) is 1.50. The van der Waals surface area contributed by atoms with E-state index in [1.165, 1.54) is 6.92 Å². The number of halogens is 1. The summed E-state index contributed by atoms with van der Waals surface area (Å²) < 4.78 is 18.2. The number of rotatable bonds is 5. The third kappa shape index (κ3) is 3.38. The number of nitro groups is 1. The Hall–Kier alpha value is -2.22. The topological polar surface area (TPSA) is 116 Å². The van der Waals surface area contributed by atoms with E-state index in [4.69, 9.17) is 5.73 Å². The number of aromatic hydroxyl groups is 1. The summed E-state index contributed by atoms with van der Waals surface area (Å²) in [5.74, 6) is -1.51. The van der Waals surface area contributed by atoms with Crippen molar-refractivity contribution in [2.24, 2.45) is 5.73 Å². The molecule has 0 bridgehead atoms. The number of phenols is 1. The molecule has 0 heterocycles. The van der Waals surface area contributed by atoms with Gasteiger partial charge in [0.05, 0.1) is 23.1 Å². The van der Waals surface area contributed by atoms with Crippen LogP contribution in [0, 0.1) is 10.1 Å². The van der Waals surface area contributed by atoms with Crippen LogP contribution in [0.3, 0.4) is 0 Å². The number of phenolic OH excluding ortho intramolecular Hbond substituents is 1. The lowest BCUT2D eigenvalue weighted by Crippen LogP contribution is -2.32. The van der Waals surface area contributed by atoms with E-state index < -0.39 is 28.8 Å². The Morgan fingerprint density at radius 2 is 2.26 bits per heavy atom. The van der Waals surface area contributed by atoms with Crippen molar-refractivity contribution >= 4 is 11.7 Å². The first-order chi connectivity index (χ1) is 8.88. The highest BCUT2D eigenvalue weighted by Gasteiger charge is 2.32. The van der Waals surface area contributed by atoms with E-state index in [1.54, 1.807) is 0 Å². The maximum Gasteiger partial charge on any atom is 0.342 e. The van der Waals surface area contributed by atoms with Gasteiger partial charge in [-0.2, -0.15) is 0 Å². The molecule has 0 aromatic heterocycles. The molecular formula is C11H13FN2O5.